The van der Waals surface area contributed by atoms with Gasteiger partial charge in [0.05, 0.1) is 18.1 Å². The van der Waals surface area contributed by atoms with Gasteiger partial charge in [-0.3, -0.25) is 9.67 Å². The van der Waals surface area contributed by atoms with E-state index in [2.05, 4.69) is 30.3 Å². The first-order valence-corrected chi connectivity index (χ1v) is 8.40. The largest absolute Gasteiger partial charge is 0.370 e. The third-order valence-corrected chi connectivity index (χ3v) is 4.49. The molecule has 3 N–H and O–H groups in total. The van der Waals surface area contributed by atoms with E-state index in [1.165, 1.54) is 6.33 Å². The number of guanidine groups is 1. The lowest BCUT2D eigenvalue weighted by Gasteiger charge is -2.27. The molecule has 0 saturated carbocycles. The van der Waals surface area contributed by atoms with E-state index in [0.717, 1.165) is 41.4 Å². The van der Waals surface area contributed by atoms with Crippen LogP contribution in [0.4, 0.5) is 5.82 Å². The molecule has 3 rings (SSSR count). The first-order valence-electron chi connectivity index (χ1n) is 7.25. The Labute approximate surface area is 156 Å². The molecule has 2 aromatic rings. The van der Waals surface area contributed by atoms with E-state index in [1.54, 1.807) is 10.9 Å². The molecule has 0 atom stereocenters. The molecular weight excluding hydrogens is 427 g/mol. The van der Waals surface area contributed by atoms with E-state index in [4.69, 9.17) is 5.73 Å². The lowest BCUT2D eigenvalue weighted by atomic mass is 10.4. The normalized spacial score (nSPS) is 15.5. The highest BCUT2D eigenvalue weighted by molar-refractivity contribution is 14.0. The molecule has 126 valence electrons. The molecular formula is C13H21IN8S. The zero-order valence-electron chi connectivity index (χ0n) is 13.0. The third-order valence-electron chi connectivity index (χ3n) is 3.54. The zero-order valence-corrected chi connectivity index (χ0v) is 16.1. The van der Waals surface area contributed by atoms with Crippen molar-refractivity contribution in [1.29, 1.82) is 0 Å². The van der Waals surface area contributed by atoms with E-state index in [0.29, 0.717) is 19.0 Å². The van der Waals surface area contributed by atoms with Crippen LogP contribution in [0.3, 0.4) is 0 Å². The fourth-order valence-electron chi connectivity index (χ4n) is 2.34. The molecule has 10 heteroatoms. The van der Waals surface area contributed by atoms with E-state index in [1.807, 2.05) is 18.8 Å². The average Bonchev–Trinajstić information content (AvgIpc) is 2.94. The van der Waals surface area contributed by atoms with Crippen molar-refractivity contribution in [2.24, 2.45) is 17.8 Å². The maximum Gasteiger partial charge on any atom is 0.191 e. The van der Waals surface area contributed by atoms with Crippen LogP contribution in [0.1, 0.15) is 0 Å². The van der Waals surface area contributed by atoms with Crippen molar-refractivity contribution in [2.75, 3.05) is 43.0 Å². The number of nitrogens with two attached hydrogens (primary N) is 1. The number of nitrogens with zero attached hydrogens (tertiary/aromatic N) is 6. The summed E-state index contributed by atoms with van der Waals surface area (Å²) in [4.78, 5) is 15.0. The number of thioether (sulfide) groups is 1. The Morgan fingerprint density at radius 3 is 2.96 bits per heavy atom. The van der Waals surface area contributed by atoms with E-state index in [9.17, 15) is 0 Å². The van der Waals surface area contributed by atoms with Gasteiger partial charge in [-0.2, -0.15) is 16.9 Å². The Morgan fingerprint density at radius 1 is 1.39 bits per heavy atom. The number of hydrogen-bond donors (Lipinski definition) is 2. The molecule has 1 fully saturated rings. The zero-order chi connectivity index (χ0) is 15.4. The minimum absolute atomic E-state index is 0. The Morgan fingerprint density at radius 2 is 2.17 bits per heavy atom. The van der Waals surface area contributed by atoms with Crippen molar-refractivity contribution in [3.05, 3.63) is 12.5 Å². The van der Waals surface area contributed by atoms with Crippen molar-refractivity contribution >= 4 is 58.5 Å². The van der Waals surface area contributed by atoms with Crippen molar-refractivity contribution in [2.45, 2.75) is 0 Å². The van der Waals surface area contributed by atoms with Crippen LogP contribution in [-0.4, -0.2) is 68.3 Å². The van der Waals surface area contributed by atoms with Crippen LogP contribution in [0.25, 0.3) is 11.0 Å². The lowest BCUT2D eigenvalue weighted by molar-refractivity contribution is 0.456. The number of aromatic nitrogens is 4. The summed E-state index contributed by atoms with van der Waals surface area (Å²) in [5, 5.41) is 8.37. The number of aryl methyl sites for hydroxylation is 1. The van der Waals surface area contributed by atoms with E-state index < -0.39 is 0 Å². The predicted molar refractivity (Wildman–Crippen MR) is 106 cm³/mol. The van der Waals surface area contributed by atoms with Gasteiger partial charge in [0.2, 0.25) is 0 Å². The Balaban J connectivity index is 0.00000192. The predicted octanol–water partition coefficient (Wildman–Crippen LogP) is 0.757. The maximum absolute atomic E-state index is 6.02. The van der Waals surface area contributed by atoms with Gasteiger partial charge in [0.15, 0.2) is 11.6 Å². The summed E-state index contributed by atoms with van der Waals surface area (Å²) in [7, 11) is 1.86. The van der Waals surface area contributed by atoms with Gasteiger partial charge in [-0.05, 0) is 0 Å². The SMILES string of the molecule is Cn1ncc2c(NCCN=C(N)N3CCSCC3)ncnc21.I. The lowest BCUT2D eigenvalue weighted by Crippen LogP contribution is -2.42. The molecule has 0 spiro atoms. The molecule has 23 heavy (non-hydrogen) atoms. The summed E-state index contributed by atoms with van der Waals surface area (Å²) < 4.78 is 1.73. The number of hydrogen-bond acceptors (Lipinski definition) is 6. The summed E-state index contributed by atoms with van der Waals surface area (Å²) in [6.45, 7) is 3.25. The highest BCUT2D eigenvalue weighted by Crippen LogP contribution is 2.17. The van der Waals surface area contributed by atoms with Gasteiger partial charge in [0.1, 0.15) is 12.1 Å². The fraction of sp³-hybridized carbons (Fsp3) is 0.538. The fourth-order valence-corrected chi connectivity index (χ4v) is 3.24. The van der Waals surface area contributed by atoms with Gasteiger partial charge >= 0.3 is 0 Å². The highest BCUT2D eigenvalue weighted by Gasteiger charge is 2.12. The second-order valence-corrected chi connectivity index (χ2v) is 6.22. The topological polar surface area (TPSA) is 97.2 Å². The molecule has 3 heterocycles. The minimum Gasteiger partial charge on any atom is -0.370 e. The molecule has 1 saturated heterocycles. The standard InChI is InChI=1S/C13H20N8S.HI/c1-20-12-10(8-19-20)11(17-9-18-12)15-2-3-16-13(14)21-4-6-22-7-5-21;/h8-9H,2-7H2,1H3,(H2,14,16)(H,15,17,18);1H. The van der Waals surface area contributed by atoms with Crippen LogP contribution in [0, 0.1) is 0 Å². The number of anilines is 1. The van der Waals surface area contributed by atoms with Crippen LogP contribution in [0.2, 0.25) is 0 Å². The third kappa shape index (κ3) is 4.37. The molecule has 0 aliphatic carbocycles. The Hall–Kier alpha value is -1.30. The Bertz CT molecular complexity index is 667. The molecule has 0 bridgehead atoms. The van der Waals surface area contributed by atoms with Crippen molar-refractivity contribution < 1.29 is 0 Å². The van der Waals surface area contributed by atoms with Gasteiger partial charge < -0.3 is 16.0 Å². The molecule has 8 nitrogen and oxygen atoms in total. The van der Waals surface area contributed by atoms with Crippen LogP contribution in [0.15, 0.2) is 17.5 Å². The summed E-state index contributed by atoms with van der Waals surface area (Å²) in [6.07, 6.45) is 3.30. The quantitative estimate of drug-likeness (QED) is 0.309. The van der Waals surface area contributed by atoms with Crippen LogP contribution < -0.4 is 11.1 Å². The summed E-state index contributed by atoms with van der Waals surface area (Å²) >= 11 is 1.96. The van der Waals surface area contributed by atoms with Crippen molar-refractivity contribution in [3.63, 3.8) is 0 Å². The molecule has 0 unspecified atom stereocenters. The summed E-state index contributed by atoms with van der Waals surface area (Å²) in [5.74, 6) is 3.65. The first-order chi connectivity index (χ1) is 10.8. The van der Waals surface area contributed by atoms with Gasteiger partial charge in [-0.25, -0.2) is 9.97 Å². The molecule has 1 aliphatic heterocycles. The van der Waals surface area contributed by atoms with Gasteiger partial charge in [0.25, 0.3) is 0 Å². The van der Waals surface area contributed by atoms with Crippen molar-refractivity contribution in [3.8, 4) is 0 Å². The van der Waals surface area contributed by atoms with Gasteiger partial charge in [0, 0.05) is 38.2 Å². The number of nitrogens with one attached hydrogen (secondary N) is 1. The summed E-state index contributed by atoms with van der Waals surface area (Å²) in [6, 6.07) is 0. The maximum atomic E-state index is 6.02. The monoisotopic (exact) mass is 448 g/mol. The van der Waals surface area contributed by atoms with Gasteiger partial charge in [-0.15, -0.1) is 24.0 Å². The minimum atomic E-state index is 0. The second kappa shape index (κ2) is 8.52. The van der Waals surface area contributed by atoms with E-state index in [-0.39, 0.29) is 24.0 Å². The molecule has 0 aromatic carbocycles. The summed E-state index contributed by atoms with van der Waals surface area (Å²) in [5.41, 5.74) is 6.83. The second-order valence-electron chi connectivity index (χ2n) is 4.99. The highest BCUT2D eigenvalue weighted by atomic mass is 127. The average molecular weight is 448 g/mol. The number of fused-ring (bicyclic) bond motifs is 1. The number of halogens is 1. The molecule has 1 aliphatic rings. The van der Waals surface area contributed by atoms with E-state index >= 15 is 0 Å². The number of rotatable bonds is 4. The van der Waals surface area contributed by atoms with Crippen LogP contribution >= 0.6 is 35.7 Å². The molecule has 0 amide bonds. The van der Waals surface area contributed by atoms with Crippen LogP contribution in [-0.2, 0) is 7.05 Å². The molecule has 2 aromatic heterocycles. The van der Waals surface area contributed by atoms with Gasteiger partial charge in [-0.1, -0.05) is 0 Å². The molecule has 0 radical (unpaired) electrons. The number of aliphatic imine (C=N–C) groups is 1. The van der Waals surface area contributed by atoms with Crippen molar-refractivity contribution in [1.82, 2.24) is 24.6 Å². The smallest absolute Gasteiger partial charge is 0.191 e. The Kier molecular flexibility index (Phi) is 6.69. The first kappa shape index (κ1) is 18.0. The van der Waals surface area contributed by atoms with Crippen LogP contribution in [0.5, 0.6) is 0 Å².